The van der Waals surface area contributed by atoms with Gasteiger partial charge in [-0.25, -0.2) is 8.42 Å². The summed E-state index contributed by atoms with van der Waals surface area (Å²) < 4.78 is 31.7. The van der Waals surface area contributed by atoms with E-state index in [9.17, 15) is 8.42 Å². The first-order chi connectivity index (χ1) is 16.0. The van der Waals surface area contributed by atoms with E-state index in [2.05, 4.69) is 14.8 Å². The Labute approximate surface area is 192 Å². The number of benzene rings is 3. The molecule has 33 heavy (non-hydrogen) atoms. The molecule has 3 aromatic carbocycles. The van der Waals surface area contributed by atoms with Crippen LogP contribution in [0.1, 0.15) is 11.3 Å². The Morgan fingerprint density at radius 1 is 0.879 bits per heavy atom. The molecule has 0 aliphatic rings. The molecule has 7 heteroatoms. The molecular weight excluding hydrogens is 432 g/mol. The Bertz CT molecular complexity index is 1530. The van der Waals surface area contributed by atoms with Gasteiger partial charge < -0.3 is 0 Å². The minimum Gasteiger partial charge on any atom is -0.279 e. The first-order valence-corrected chi connectivity index (χ1v) is 12.0. The third-order valence-corrected chi connectivity index (χ3v) is 6.71. The van der Waals surface area contributed by atoms with Crippen LogP contribution in [0, 0.1) is 6.92 Å². The summed E-state index contributed by atoms with van der Waals surface area (Å²) in [7, 11) is -3.93. The molecule has 0 aliphatic heterocycles. The van der Waals surface area contributed by atoms with Gasteiger partial charge >= 0.3 is 0 Å². The lowest BCUT2D eigenvalue weighted by atomic mass is 10.2. The largest absolute Gasteiger partial charge is 0.279 e. The summed E-state index contributed by atoms with van der Waals surface area (Å²) in [6.45, 7) is 2.31. The zero-order valence-electron chi connectivity index (χ0n) is 18.0. The van der Waals surface area contributed by atoms with Crippen molar-refractivity contribution in [1.82, 2.24) is 14.8 Å². The molecule has 0 amide bonds. The molecule has 0 bridgehead atoms. The van der Waals surface area contributed by atoms with Gasteiger partial charge in [-0.3, -0.25) is 14.4 Å². The van der Waals surface area contributed by atoms with Crippen molar-refractivity contribution in [3.63, 3.8) is 0 Å². The van der Waals surface area contributed by atoms with Crippen LogP contribution in [-0.2, 0) is 16.6 Å². The monoisotopic (exact) mass is 454 g/mol. The maximum atomic E-state index is 13.6. The van der Waals surface area contributed by atoms with E-state index in [-0.39, 0.29) is 4.90 Å². The second-order valence-corrected chi connectivity index (χ2v) is 9.48. The summed E-state index contributed by atoms with van der Waals surface area (Å²) in [4.78, 5) is 4.63. The molecule has 164 valence electrons. The molecule has 0 fully saturated rings. The van der Waals surface area contributed by atoms with E-state index in [1.165, 1.54) is 0 Å². The molecule has 0 radical (unpaired) electrons. The number of hydrogen-bond acceptors (Lipinski definition) is 4. The van der Waals surface area contributed by atoms with Gasteiger partial charge in [-0.1, -0.05) is 78.9 Å². The summed E-state index contributed by atoms with van der Waals surface area (Å²) >= 11 is 0. The average molecular weight is 455 g/mol. The van der Waals surface area contributed by atoms with Gasteiger partial charge in [-0.05, 0) is 24.6 Å². The quantitative estimate of drug-likeness (QED) is 0.380. The van der Waals surface area contributed by atoms with E-state index in [0.717, 1.165) is 27.7 Å². The highest BCUT2D eigenvalue weighted by atomic mass is 32.2. The van der Waals surface area contributed by atoms with E-state index in [1.807, 2.05) is 91.9 Å². The molecule has 2 heterocycles. The number of aryl methyl sites for hydroxylation is 1. The number of nitrogens with zero attached hydrogens (tertiary/aromatic N) is 3. The predicted molar refractivity (Wildman–Crippen MR) is 130 cm³/mol. The number of rotatable bonds is 6. The van der Waals surface area contributed by atoms with Gasteiger partial charge in [0.05, 0.1) is 17.7 Å². The van der Waals surface area contributed by atoms with Crippen molar-refractivity contribution in [2.75, 3.05) is 4.72 Å². The normalized spacial score (nSPS) is 11.5. The fourth-order valence-corrected chi connectivity index (χ4v) is 5.08. The lowest BCUT2D eigenvalue weighted by Gasteiger charge is -2.11. The second-order valence-electron chi connectivity index (χ2n) is 7.83. The topological polar surface area (TPSA) is 76.9 Å². The van der Waals surface area contributed by atoms with Crippen LogP contribution in [0.5, 0.6) is 0 Å². The first-order valence-electron chi connectivity index (χ1n) is 10.6. The van der Waals surface area contributed by atoms with Gasteiger partial charge in [-0.15, -0.1) is 0 Å². The molecular formula is C26H22N4O2S. The van der Waals surface area contributed by atoms with Crippen LogP contribution >= 0.6 is 0 Å². The molecule has 0 aliphatic carbocycles. The Kier molecular flexibility index (Phi) is 5.40. The Balaban J connectivity index is 1.60. The summed E-state index contributed by atoms with van der Waals surface area (Å²) in [5, 5.41) is 5.39. The molecule has 0 atom stereocenters. The minimum absolute atomic E-state index is 0.128. The van der Waals surface area contributed by atoms with E-state index < -0.39 is 10.0 Å². The number of sulfonamides is 1. The van der Waals surface area contributed by atoms with Crippen LogP contribution in [-0.4, -0.2) is 23.2 Å². The molecule has 6 nitrogen and oxygen atoms in total. The van der Waals surface area contributed by atoms with E-state index >= 15 is 0 Å². The Hall–Kier alpha value is -3.97. The molecule has 5 rings (SSSR count). The minimum atomic E-state index is -3.93. The van der Waals surface area contributed by atoms with E-state index in [4.69, 9.17) is 0 Å². The SMILES string of the molecule is Cc1cc(NS(=O)(=O)c2cn(Cc3ccccc3)nc2-c2ccccc2)c2ccccc2n1. The lowest BCUT2D eigenvalue weighted by Crippen LogP contribution is -2.14. The summed E-state index contributed by atoms with van der Waals surface area (Å²) in [6.07, 6.45) is 1.59. The lowest BCUT2D eigenvalue weighted by molar-refractivity contribution is 0.601. The third-order valence-electron chi connectivity index (χ3n) is 5.34. The van der Waals surface area contributed by atoms with Crippen LogP contribution in [0.2, 0.25) is 0 Å². The van der Waals surface area contributed by atoms with Crippen LogP contribution < -0.4 is 4.72 Å². The van der Waals surface area contributed by atoms with Crippen molar-refractivity contribution < 1.29 is 8.42 Å². The third kappa shape index (κ3) is 4.36. The van der Waals surface area contributed by atoms with Gasteiger partial charge in [-0.2, -0.15) is 5.10 Å². The van der Waals surface area contributed by atoms with Gasteiger partial charge in [0.15, 0.2) is 0 Å². The fraction of sp³-hybridized carbons (Fsp3) is 0.0769. The van der Waals surface area contributed by atoms with Crippen LogP contribution in [0.25, 0.3) is 22.2 Å². The molecule has 0 unspecified atom stereocenters. The average Bonchev–Trinajstić information content (AvgIpc) is 3.25. The number of aromatic nitrogens is 3. The van der Waals surface area contributed by atoms with Crippen molar-refractivity contribution in [2.24, 2.45) is 0 Å². The first kappa shape index (κ1) is 20.9. The zero-order valence-corrected chi connectivity index (χ0v) is 18.8. The maximum absolute atomic E-state index is 13.6. The zero-order chi connectivity index (χ0) is 22.8. The summed E-state index contributed by atoms with van der Waals surface area (Å²) in [6, 6.07) is 28.4. The molecule has 5 aromatic rings. The number of fused-ring (bicyclic) bond motifs is 1. The van der Waals surface area contributed by atoms with Crippen molar-refractivity contribution in [1.29, 1.82) is 0 Å². The molecule has 0 saturated carbocycles. The van der Waals surface area contributed by atoms with Crippen LogP contribution in [0.15, 0.2) is 102 Å². The van der Waals surface area contributed by atoms with Gasteiger partial charge in [0, 0.05) is 22.8 Å². The van der Waals surface area contributed by atoms with Crippen molar-refractivity contribution in [3.8, 4) is 11.3 Å². The van der Waals surface area contributed by atoms with Crippen LogP contribution in [0.3, 0.4) is 0 Å². The molecule has 2 aromatic heterocycles. The predicted octanol–water partition coefficient (Wildman–Crippen LogP) is 5.26. The van der Waals surface area contributed by atoms with Crippen molar-refractivity contribution >= 4 is 26.6 Å². The van der Waals surface area contributed by atoms with Crippen LogP contribution in [0.4, 0.5) is 5.69 Å². The van der Waals surface area contributed by atoms with Gasteiger partial charge in [0.2, 0.25) is 0 Å². The maximum Gasteiger partial charge on any atom is 0.265 e. The van der Waals surface area contributed by atoms with Gasteiger partial charge in [0.1, 0.15) is 10.6 Å². The van der Waals surface area contributed by atoms with Gasteiger partial charge in [0.25, 0.3) is 10.0 Å². The highest BCUT2D eigenvalue weighted by Crippen LogP contribution is 2.30. The Morgan fingerprint density at radius 3 is 2.30 bits per heavy atom. The summed E-state index contributed by atoms with van der Waals surface area (Å²) in [5.41, 5.74) is 4.14. The standard InChI is InChI=1S/C26H22N4O2S/c1-19-16-24(22-14-8-9-15-23(22)27-19)29-33(31,32)25-18-30(17-20-10-4-2-5-11-20)28-26(25)21-12-6-3-7-13-21/h2-16,18H,17H2,1H3,(H,27,29). The Morgan fingerprint density at radius 2 is 1.55 bits per heavy atom. The molecule has 1 N–H and O–H groups in total. The highest BCUT2D eigenvalue weighted by molar-refractivity contribution is 7.92. The number of hydrogen-bond donors (Lipinski definition) is 1. The summed E-state index contributed by atoms with van der Waals surface area (Å²) in [5.74, 6) is 0. The number of para-hydroxylation sites is 1. The fourth-order valence-electron chi connectivity index (χ4n) is 3.84. The number of nitrogens with one attached hydrogen (secondary N) is 1. The van der Waals surface area contributed by atoms with E-state index in [0.29, 0.717) is 17.9 Å². The number of pyridine rings is 1. The van der Waals surface area contributed by atoms with Crippen molar-refractivity contribution in [3.05, 3.63) is 108 Å². The van der Waals surface area contributed by atoms with Crippen molar-refractivity contribution in [2.45, 2.75) is 18.4 Å². The second kappa shape index (κ2) is 8.52. The molecule has 0 spiro atoms. The molecule has 0 saturated heterocycles. The van der Waals surface area contributed by atoms with E-state index in [1.54, 1.807) is 16.9 Å². The highest BCUT2D eigenvalue weighted by Gasteiger charge is 2.25. The smallest absolute Gasteiger partial charge is 0.265 e. The number of anilines is 1.